The molecule has 0 saturated carbocycles. The van der Waals surface area contributed by atoms with Crippen molar-refractivity contribution in [3.05, 3.63) is 11.6 Å². The second kappa shape index (κ2) is 4.82. The Hall–Kier alpha value is -2.11. The number of carboxylic acid groups (broad SMARTS) is 1. The first-order valence-corrected chi connectivity index (χ1v) is 5.20. The van der Waals surface area contributed by atoms with E-state index in [1.165, 1.54) is 0 Å². The molecule has 0 aliphatic rings. The number of hydrogen-bond acceptors (Lipinski definition) is 5. The zero-order valence-electron chi connectivity index (χ0n) is 9.64. The summed E-state index contributed by atoms with van der Waals surface area (Å²) in [7, 11) is 0. The maximum absolute atomic E-state index is 11.0. The van der Waals surface area contributed by atoms with Gasteiger partial charge in [0.25, 0.3) is 0 Å². The predicted molar refractivity (Wildman–Crippen MR) is 62.0 cm³/mol. The molecule has 1 aromatic rings. The molecule has 17 heavy (non-hydrogen) atoms. The molecule has 0 saturated heterocycles. The Morgan fingerprint density at radius 3 is 2.12 bits per heavy atom. The summed E-state index contributed by atoms with van der Waals surface area (Å²) in [6, 6.07) is 0.922. The number of rotatable bonds is 4. The van der Waals surface area contributed by atoms with E-state index in [1.807, 2.05) is 0 Å². The molecule has 0 spiro atoms. The van der Waals surface area contributed by atoms with E-state index in [-0.39, 0.29) is 11.3 Å². The number of phenols is 3. The third kappa shape index (κ3) is 2.20. The Kier molecular flexibility index (Phi) is 3.67. The molecule has 0 heterocycles. The molecule has 0 unspecified atom stereocenters. The normalized spacial score (nSPS) is 10.2. The minimum atomic E-state index is -1.28. The molecular weight excluding hydrogens is 226 g/mol. The van der Waals surface area contributed by atoms with Crippen LogP contribution in [0, 0.1) is 0 Å². The second-order valence-corrected chi connectivity index (χ2v) is 3.47. The van der Waals surface area contributed by atoms with E-state index in [0.717, 1.165) is 6.07 Å². The average Bonchev–Trinajstić information content (AvgIpc) is 2.29. The van der Waals surface area contributed by atoms with Crippen molar-refractivity contribution in [3.8, 4) is 17.2 Å². The van der Waals surface area contributed by atoms with E-state index in [9.17, 15) is 20.1 Å². The summed E-state index contributed by atoms with van der Waals surface area (Å²) in [5, 5.41) is 37.4. The highest BCUT2D eigenvalue weighted by molar-refractivity contribution is 5.98. The quantitative estimate of drug-likeness (QED) is 0.593. The largest absolute Gasteiger partial charge is 0.504 e. The molecular formula is C11H15NO5. The van der Waals surface area contributed by atoms with Crippen LogP contribution in [0.1, 0.15) is 24.2 Å². The molecule has 0 amide bonds. The number of phenolic OH excluding ortho intramolecular Hbond substituents is 3. The molecule has 6 nitrogen and oxygen atoms in total. The standard InChI is InChI=1S/C11H15NO5/c1-3-12(4-2)8-6(11(16)17)5-7(13)9(14)10(8)15/h5,13-15H,3-4H2,1-2H3,(H,16,17). The Labute approximate surface area is 98.4 Å². The summed E-state index contributed by atoms with van der Waals surface area (Å²) in [6.07, 6.45) is 0. The summed E-state index contributed by atoms with van der Waals surface area (Å²) in [5.74, 6) is -3.27. The average molecular weight is 241 g/mol. The van der Waals surface area contributed by atoms with Gasteiger partial charge in [-0.3, -0.25) is 0 Å². The van der Waals surface area contributed by atoms with Gasteiger partial charge in [0, 0.05) is 19.2 Å². The lowest BCUT2D eigenvalue weighted by Crippen LogP contribution is -2.24. The number of anilines is 1. The van der Waals surface area contributed by atoms with Gasteiger partial charge in [-0.05, 0) is 13.8 Å². The molecule has 0 fully saturated rings. The predicted octanol–water partition coefficient (Wildman–Crippen LogP) is 1.35. The molecule has 6 heteroatoms. The van der Waals surface area contributed by atoms with Crippen LogP contribution >= 0.6 is 0 Å². The van der Waals surface area contributed by atoms with E-state index in [2.05, 4.69) is 0 Å². The van der Waals surface area contributed by atoms with Gasteiger partial charge in [0.05, 0.1) is 11.3 Å². The number of aromatic hydroxyl groups is 3. The summed E-state index contributed by atoms with van der Waals surface area (Å²) in [4.78, 5) is 12.6. The zero-order chi connectivity index (χ0) is 13.2. The lowest BCUT2D eigenvalue weighted by molar-refractivity contribution is 0.0696. The van der Waals surface area contributed by atoms with Crippen LogP contribution in [0.5, 0.6) is 17.2 Å². The molecule has 4 N–H and O–H groups in total. The summed E-state index contributed by atoms with van der Waals surface area (Å²) in [5.41, 5.74) is -0.237. The fourth-order valence-corrected chi connectivity index (χ4v) is 1.66. The lowest BCUT2D eigenvalue weighted by Gasteiger charge is -2.24. The third-order valence-corrected chi connectivity index (χ3v) is 2.54. The third-order valence-electron chi connectivity index (χ3n) is 2.54. The van der Waals surface area contributed by atoms with Crippen LogP contribution in [0.25, 0.3) is 0 Å². The van der Waals surface area contributed by atoms with Gasteiger partial charge < -0.3 is 25.3 Å². The number of aromatic carboxylic acids is 1. The van der Waals surface area contributed by atoms with Gasteiger partial charge in [0.15, 0.2) is 11.5 Å². The lowest BCUT2D eigenvalue weighted by atomic mass is 10.1. The van der Waals surface area contributed by atoms with Gasteiger partial charge in [0.1, 0.15) is 0 Å². The maximum Gasteiger partial charge on any atom is 0.338 e. The molecule has 1 rings (SSSR count). The van der Waals surface area contributed by atoms with Crippen LogP contribution in [-0.4, -0.2) is 39.5 Å². The van der Waals surface area contributed by atoms with Crippen LogP contribution < -0.4 is 4.90 Å². The minimum Gasteiger partial charge on any atom is -0.504 e. The van der Waals surface area contributed by atoms with E-state index in [1.54, 1.807) is 18.7 Å². The number of nitrogens with zero attached hydrogens (tertiary/aromatic N) is 1. The van der Waals surface area contributed by atoms with E-state index < -0.39 is 23.2 Å². The molecule has 0 radical (unpaired) electrons. The molecule has 0 aliphatic heterocycles. The Balaban J connectivity index is 3.54. The van der Waals surface area contributed by atoms with Crippen LogP contribution in [0.2, 0.25) is 0 Å². The van der Waals surface area contributed by atoms with E-state index in [0.29, 0.717) is 13.1 Å². The Bertz CT molecular complexity index is 440. The van der Waals surface area contributed by atoms with Crippen molar-refractivity contribution < 1.29 is 25.2 Å². The highest BCUT2D eigenvalue weighted by Gasteiger charge is 2.24. The molecule has 0 aromatic heterocycles. The van der Waals surface area contributed by atoms with Crippen molar-refractivity contribution in [2.24, 2.45) is 0 Å². The second-order valence-electron chi connectivity index (χ2n) is 3.47. The van der Waals surface area contributed by atoms with Crippen LogP contribution in [0.15, 0.2) is 6.07 Å². The first-order valence-electron chi connectivity index (χ1n) is 5.20. The number of carboxylic acids is 1. The van der Waals surface area contributed by atoms with Crippen molar-refractivity contribution in [3.63, 3.8) is 0 Å². The summed E-state index contributed by atoms with van der Waals surface area (Å²) < 4.78 is 0. The molecule has 94 valence electrons. The molecule has 0 bridgehead atoms. The smallest absolute Gasteiger partial charge is 0.338 e. The van der Waals surface area contributed by atoms with Crippen LogP contribution in [0.3, 0.4) is 0 Å². The van der Waals surface area contributed by atoms with Crippen molar-refractivity contribution >= 4 is 11.7 Å². The van der Waals surface area contributed by atoms with Gasteiger partial charge in [-0.2, -0.15) is 0 Å². The van der Waals surface area contributed by atoms with Crippen molar-refractivity contribution in [2.75, 3.05) is 18.0 Å². The maximum atomic E-state index is 11.0. The highest BCUT2D eigenvalue weighted by atomic mass is 16.4. The van der Waals surface area contributed by atoms with E-state index >= 15 is 0 Å². The molecule has 0 atom stereocenters. The Morgan fingerprint density at radius 1 is 1.18 bits per heavy atom. The van der Waals surface area contributed by atoms with Crippen molar-refractivity contribution in [1.29, 1.82) is 0 Å². The summed E-state index contributed by atoms with van der Waals surface area (Å²) in [6.45, 7) is 4.51. The van der Waals surface area contributed by atoms with Crippen LogP contribution in [-0.2, 0) is 0 Å². The van der Waals surface area contributed by atoms with Crippen molar-refractivity contribution in [1.82, 2.24) is 0 Å². The minimum absolute atomic E-state index is 0.0119. The zero-order valence-corrected chi connectivity index (χ0v) is 9.64. The highest BCUT2D eigenvalue weighted by Crippen LogP contribution is 2.44. The topological polar surface area (TPSA) is 101 Å². The molecule has 1 aromatic carbocycles. The van der Waals surface area contributed by atoms with Gasteiger partial charge >= 0.3 is 5.97 Å². The number of benzene rings is 1. The first-order chi connectivity index (χ1) is 7.93. The van der Waals surface area contributed by atoms with Gasteiger partial charge in [-0.1, -0.05) is 0 Å². The van der Waals surface area contributed by atoms with Crippen LogP contribution in [0.4, 0.5) is 5.69 Å². The first kappa shape index (κ1) is 13.0. The fourth-order valence-electron chi connectivity index (χ4n) is 1.66. The van der Waals surface area contributed by atoms with Crippen molar-refractivity contribution in [2.45, 2.75) is 13.8 Å². The molecule has 0 aliphatic carbocycles. The number of carbonyl (C=O) groups is 1. The summed E-state index contributed by atoms with van der Waals surface area (Å²) >= 11 is 0. The van der Waals surface area contributed by atoms with Gasteiger partial charge in [-0.15, -0.1) is 0 Å². The number of hydrogen-bond donors (Lipinski definition) is 4. The van der Waals surface area contributed by atoms with Gasteiger partial charge in [0.2, 0.25) is 5.75 Å². The van der Waals surface area contributed by atoms with Gasteiger partial charge in [-0.25, -0.2) is 4.79 Å². The fraction of sp³-hybridized carbons (Fsp3) is 0.364. The SMILES string of the molecule is CCN(CC)c1c(C(=O)O)cc(O)c(O)c1O. The monoisotopic (exact) mass is 241 g/mol. The van der Waals surface area contributed by atoms with E-state index in [4.69, 9.17) is 5.11 Å². The Morgan fingerprint density at radius 2 is 1.71 bits per heavy atom.